The number of hydrogen-bond donors (Lipinski definition) is 3. The second-order valence-corrected chi connectivity index (χ2v) is 9.57. The fraction of sp³-hybridized carbons (Fsp3) is 0.500. The van der Waals surface area contributed by atoms with E-state index >= 15 is 0 Å². The molecule has 1 aromatic heterocycles. The molecule has 0 bridgehead atoms. The number of carbonyl (C=O) groups is 1. The first-order valence-corrected chi connectivity index (χ1v) is 12.1. The second-order valence-electron chi connectivity index (χ2n) is 8.32. The van der Waals surface area contributed by atoms with E-state index in [1.165, 1.54) is 0 Å². The van der Waals surface area contributed by atoms with Crippen molar-refractivity contribution in [1.82, 2.24) is 20.6 Å². The Morgan fingerprint density at radius 3 is 2.66 bits per heavy atom. The van der Waals surface area contributed by atoms with E-state index in [0.717, 1.165) is 50.9 Å². The Morgan fingerprint density at radius 1 is 1.19 bits per heavy atom. The summed E-state index contributed by atoms with van der Waals surface area (Å²) in [5, 5.41) is 11.4. The molecule has 172 valence electrons. The monoisotopic (exact) mass is 496 g/mol. The van der Waals surface area contributed by atoms with E-state index in [0.29, 0.717) is 26.8 Å². The van der Waals surface area contributed by atoms with Crippen LogP contribution in [-0.2, 0) is 4.79 Å². The zero-order valence-electron chi connectivity index (χ0n) is 17.9. The van der Waals surface area contributed by atoms with Crippen LogP contribution in [0.3, 0.4) is 0 Å². The molecule has 2 atom stereocenters. The molecule has 0 spiro atoms. The van der Waals surface area contributed by atoms with Gasteiger partial charge >= 0.3 is 0 Å². The summed E-state index contributed by atoms with van der Waals surface area (Å²) in [6.07, 6.45) is 5.29. The Hall–Kier alpha value is -1.80. The second kappa shape index (κ2) is 10.4. The lowest BCUT2D eigenvalue weighted by molar-refractivity contribution is -0.123. The van der Waals surface area contributed by atoms with Crippen molar-refractivity contribution in [3.63, 3.8) is 0 Å². The maximum absolute atomic E-state index is 12.4. The zero-order valence-corrected chi connectivity index (χ0v) is 20.1. The van der Waals surface area contributed by atoms with E-state index in [1.807, 2.05) is 13.0 Å². The average molecular weight is 498 g/mol. The van der Waals surface area contributed by atoms with Crippen molar-refractivity contribution < 1.29 is 4.79 Å². The largest absolute Gasteiger partial charge is 0.362 e. The summed E-state index contributed by atoms with van der Waals surface area (Å²) in [7, 11) is 0. The maximum atomic E-state index is 12.4. The van der Waals surface area contributed by atoms with Crippen LogP contribution in [0, 0.1) is 0 Å². The van der Waals surface area contributed by atoms with E-state index in [-0.39, 0.29) is 24.0 Å². The van der Waals surface area contributed by atoms with Crippen LogP contribution in [0.25, 0.3) is 0 Å². The highest BCUT2D eigenvalue weighted by atomic mass is 35.5. The molecule has 2 aromatic rings. The molecule has 2 saturated heterocycles. The van der Waals surface area contributed by atoms with Gasteiger partial charge in [-0.05, 0) is 56.8 Å². The molecule has 2 aliphatic rings. The highest BCUT2D eigenvalue weighted by molar-refractivity contribution is 6.35. The van der Waals surface area contributed by atoms with Crippen LogP contribution in [0.5, 0.6) is 0 Å². The lowest BCUT2D eigenvalue weighted by atomic mass is 10.0. The minimum Gasteiger partial charge on any atom is -0.362 e. The standard InChI is InChI=1S/C22H27Cl3N6O/c1-13(16-5-4-14(23)11-17(16)24)28-20-18(25)12-27-22(30-20)31-9-6-15(7-10-31)29-21(32)19-3-2-8-26-19/h4-5,11-13,15,19,26H,2-3,6-10H2,1H3,(H,29,32)(H,27,28,30)/t13?,19-/m1/s1. The van der Waals surface area contributed by atoms with Gasteiger partial charge in [-0.1, -0.05) is 40.9 Å². The summed E-state index contributed by atoms with van der Waals surface area (Å²) in [6, 6.07) is 5.42. The van der Waals surface area contributed by atoms with Gasteiger partial charge in [-0.2, -0.15) is 4.98 Å². The number of aromatic nitrogens is 2. The van der Waals surface area contributed by atoms with Gasteiger partial charge in [-0.15, -0.1) is 0 Å². The molecule has 3 N–H and O–H groups in total. The van der Waals surface area contributed by atoms with Crippen LogP contribution < -0.4 is 20.9 Å². The van der Waals surface area contributed by atoms with Crippen LogP contribution >= 0.6 is 34.8 Å². The quantitative estimate of drug-likeness (QED) is 0.547. The van der Waals surface area contributed by atoms with Crippen molar-refractivity contribution in [2.45, 2.75) is 50.7 Å². The molecule has 0 aliphatic carbocycles. The Bertz CT molecular complexity index is 961. The Labute approximate surface area is 203 Å². The molecular formula is C22H27Cl3N6O. The molecule has 1 amide bonds. The highest BCUT2D eigenvalue weighted by Crippen LogP contribution is 2.31. The third-order valence-corrected chi connectivity index (χ3v) is 6.85. The first-order valence-electron chi connectivity index (χ1n) is 10.9. The number of carbonyl (C=O) groups excluding carboxylic acids is 1. The van der Waals surface area contributed by atoms with E-state index < -0.39 is 0 Å². The Kier molecular flexibility index (Phi) is 7.61. The van der Waals surface area contributed by atoms with Gasteiger partial charge in [0, 0.05) is 29.2 Å². The van der Waals surface area contributed by atoms with Gasteiger partial charge in [-0.3, -0.25) is 4.79 Å². The van der Waals surface area contributed by atoms with Crippen LogP contribution in [-0.4, -0.2) is 47.6 Å². The van der Waals surface area contributed by atoms with E-state index in [1.54, 1.807) is 18.3 Å². The van der Waals surface area contributed by atoms with Gasteiger partial charge < -0.3 is 20.9 Å². The molecule has 0 saturated carbocycles. The van der Waals surface area contributed by atoms with Crippen molar-refractivity contribution in [3.05, 3.63) is 45.0 Å². The summed E-state index contributed by atoms with van der Waals surface area (Å²) < 4.78 is 0. The minimum atomic E-state index is -0.120. The lowest BCUT2D eigenvalue weighted by Crippen LogP contribution is -2.49. The number of rotatable bonds is 6. The van der Waals surface area contributed by atoms with Gasteiger partial charge in [0.05, 0.1) is 18.3 Å². The van der Waals surface area contributed by atoms with Crippen LogP contribution in [0.2, 0.25) is 15.1 Å². The molecule has 10 heteroatoms. The molecular weight excluding hydrogens is 471 g/mol. The van der Waals surface area contributed by atoms with Gasteiger partial charge in [0.1, 0.15) is 5.02 Å². The number of anilines is 2. The number of piperidine rings is 1. The molecule has 32 heavy (non-hydrogen) atoms. The number of hydrogen-bond acceptors (Lipinski definition) is 6. The fourth-order valence-electron chi connectivity index (χ4n) is 4.18. The smallest absolute Gasteiger partial charge is 0.237 e. The highest BCUT2D eigenvalue weighted by Gasteiger charge is 2.27. The van der Waals surface area contributed by atoms with E-state index in [4.69, 9.17) is 34.8 Å². The minimum absolute atomic E-state index is 0.0441. The molecule has 7 nitrogen and oxygen atoms in total. The van der Waals surface area contributed by atoms with E-state index in [2.05, 4.69) is 30.8 Å². The van der Waals surface area contributed by atoms with Crippen molar-refractivity contribution in [3.8, 4) is 0 Å². The Morgan fingerprint density at radius 2 is 1.97 bits per heavy atom. The first-order chi connectivity index (χ1) is 15.4. The van der Waals surface area contributed by atoms with Crippen molar-refractivity contribution in [2.75, 3.05) is 29.9 Å². The molecule has 3 heterocycles. The lowest BCUT2D eigenvalue weighted by Gasteiger charge is -2.33. The van der Waals surface area contributed by atoms with Crippen LogP contribution in [0.1, 0.15) is 44.2 Å². The number of halogens is 3. The number of nitrogens with one attached hydrogen (secondary N) is 3. The summed E-state index contributed by atoms with van der Waals surface area (Å²) in [4.78, 5) is 23.6. The molecule has 1 aromatic carbocycles. The predicted octanol–water partition coefficient (Wildman–Crippen LogP) is 4.45. The number of amides is 1. The van der Waals surface area contributed by atoms with E-state index in [9.17, 15) is 4.79 Å². The molecule has 1 unspecified atom stereocenters. The molecule has 2 fully saturated rings. The van der Waals surface area contributed by atoms with Crippen LogP contribution in [0.15, 0.2) is 24.4 Å². The summed E-state index contributed by atoms with van der Waals surface area (Å²) in [5.74, 6) is 1.29. The van der Waals surface area contributed by atoms with Gasteiger partial charge in [0.15, 0.2) is 5.82 Å². The number of benzene rings is 1. The first kappa shape index (κ1) is 23.4. The van der Waals surface area contributed by atoms with Gasteiger partial charge in [0.2, 0.25) is 11.9 Å². The third-order valence-electron chi connectivity index (χ3n) is 6.01. The average Bonchev–Trinajstić information content (AvgIpc) is 3.31. The van der Waals surface area contributed by atoms with Crippen molar-refractivity contribution >= 4 is 52.5 Å². The number of nitrogens with zero attached hydrogens (tertiary/aromatic N) is 3. The zero-order chi connectivity index (χ0) is 22.7. The van der Waals surface area contributed by atoms with Gasteiger partial charge in [0.25, 0.3) is 0 Å². The molecule has 0 radical (unpaired) electrons. The molecule has 4 rings (SSSR count). The fourth-order valence-corrected chi connectivity index (χ4v) is 4.90. The topological polar surface area (TPSA) is 82.2 Å². The third kappa shape index (κ3) is 5.57. The molecule has 2 aliphatic heterocycles. The summed E-state index contributed by atoms with van der Waals surface area (Å²) >= 11 is 18.7. The van der Waals surface area contributed by atoms with Crippen molar-refractivity contribution in [2.24, 2.45) is 0 Å². The maximum Gasteiger partial charge on any atom is 0.237 e. The Balaban J connectivity index is 1.37. The SMILES string of the molecule is CC(Nc1nc(N2CCC(NC(=O)[C@H]3CCCN3)CC2)ncc1Cl)c1ccc(Cl)cc1Cl. The summed E-state index contributed by atoms with van der Waals surface area (Å²) in [5.41, 5.74) is 0.903. The predicted molar refractivity (Wildman–Crippen MR) is 130 cm³/mol. The normalized spacial score (nSPS) is 20.2. The summed E-state index contributed by atoms with van der Waals surface area (Å²) in [6.45, 7) is 4.44. The van der Waals surface area contributed by atoms with Gasteiger partial charge in [-0.25, -0.2) is 4.98 Å². The van der Waals surface area contributed by atoms with Crippen molar-refractivity contribution in [1.29, 1.82) is 0 Å². The van der Waals surface area contributed by atoms with Crippen LogP contribution in [0.4, 0.5) is 11.8 Å².